The van der Waals surface area contributed by atoms with Gasteiger partial charge in [0, 0.05) is 6.61 Å². The molecule has 2 N–H and O–H groups in total. The van der Waals surface area contributed by atoms with Gasteiger partial charge in [0.2, 0.25) is 0 Å². The summed E-state index contributed by atoms with van der Waals surface area (Å²) < 4.78 is 4.86. The van der Waals surface area contributed by atoms with Gasteiger partial charge in [-0.05, 0) is 12.8 Å². The van der Waals surface area contributed by atoms with Gasteiger partial charge in [0.05, 0.1) is 5.92 Å². The van der Waals surface area contributed by atoms with Gasteiger partial charge in [-0.25, -0.2) is 4.79 Å². The highest BCUT2D eigenvalue weighted by Gasteiger charge is 2.31. The first-order chi connectivity index (χ1) is 5.61. The molecule has 0 radical (unpaired) electrons. The first-order valence-corrected chi connectivity index (χ1v) is 3.68. The zero-order valence-electron chi connectivity index (χ0n) is 6.40. The lowest BCUT2D eigenvalue weighted by Gasteiger charge is -2.23. The zero-order valence-corrected chi connectivity index (χ0v) is 6.40. The first kappa shape index (κ1) is 8.99. The Balaban J connectivity index is 2.51. The molecule has 0 spiro atoms. The number of rotatable bonds is 2. The van der Waals surface area contributed by atoms with Crippen LogP contribution in [0.4, 0.5) is 0 Å². The maximum atomic E-state index is 10.5. The van der Waals surface area contributed by atoms with Crippen molar-refractivity contribution in [2.24, 2.45) is 5.92 Å². The molecule has 0 saturated carbocycles. The van der Waals surface area contributed by atoms with E-state index >= 15 is 0 Å². The lowest BCUT2D eigenvalue weighted by atomic mass is 9.96. The molecule has 0 aliphatic carbocycles. The van der Waals surface area contributed by atoms with E-state index in [-0.39, 0.29) is 13.0 Å². The molecule has 0 amide bonds. The Labute approximate surface area is 68.9 Å². The zero-order chi connectivity index (χ0) is 9.14. The molecular formula is C7H10O5. The fraction of sp³-hybridized carbons (Fsp3) is 0.714. The van der Waals surface area contributed by atoms with Crippen molar-refractivity contribution in [3.63, 3.8) is 0 Å². The van der Waals surface area contributed by atoms with E-state index in [1.165, 1.54) is 0 Å². The summed E-state index contributed by atoms with van der Waals surface area (Å²) >= 11 is 0. The number of carbonyl (C=O) groups is 2. The minimum absolute atomic E-state index is 0.0741. The van der Waals surface area contributed by atoms with Crippen LogP contribution in [0.3, 0.4) is 0 Å². The summed E-state index contributed by atoms with van der Waals surface area (Å²) in [6, 6.07) is 0. The van der Waals surface area contributed by atoms with E-state index in [0.29, 0.717) is 6.42 Å². The normalized spacial score (nSPS) is 29.7. The van der Waals surface area contributed by atoms with E-state index in [4.69, 9.17) is 14.9 Å². The van der Waals surface area contributed by atoms with Crippen LogP contribution < -0.4 is 0 Å². The van der Waals surface area contributed by atoms with Gasteiger partial charge in [0.25, 0.3) is 0 Å². The second-order valence-electron chi connectivity index (χ2n) is 2.76. The lowest BCUT2D eigenvalue weighted by Crippen LogP contribution is -2.35. The van der Waals surface area contributed by atoms with E-state index in [1.54, 1.807) is 0 Å². The minimum atomic E-state index is -1.08. The highest BCUT2D eigenvalue weighted by Crippen LogP contribution is 2.20. The standard InChI is InChI=1S/C7H10O5/c8-6(9)4-1-2-12-5(3-4)7(10)11/h4-5H,1-3H2,(H,8,9)(H,10,11). The Hall–Kier alpha value is -1.10. The molecule has 5 nitrogen and oxygen atoms in total. The highest BCUT2D eigenvalue weighted by atomic mass is 16.5. The third kappa shape index (κ3) is 1.94. The van der Waals surface area contributed by atoms with Gasteiger partial charge in [0.15, 0.2) is 6.10 Å². The van der Waals surface area contributed by atoms with Crippen LogP contribution in [0.25, 0.3) is 0 Å². The van der Waals surface area contributed by atoms with Crippen LogP contribution >= 0.6 is 0 Å². The van der Waals surface area contributed by atoms with E-state index in [0.717, 1.165) is 0 Å². The minimum Gasteiger partial charge on any atom is -0.481 e. The van der Waals surface area contributed by atoms with Crippen molar-refractivity contribution < 1.29 is 24.5 Å². The molecule has 0 aromatic heterocycles. The Kier molecular flexibility index (Phi) is 2.65. The van der Waals surface area contributed by atoms with Crippen molar-refractivity contribution in [1.82, 2.24) is 0 Å². The summed E-state index contributed by atoms with van der Waals surface area (Å²) in [6.07, 6.45) is -0.469. The van der Waals surface area contributed by atoms with Gasteiger partial charge in [-0.3, -0.25) is 4.79 Å². The Morgan fingerprint density at radius 2 is 1.92 bits per heavy atom. The fourth-order valence-corrected chi connectivity index (χ4v) is 1.19. The smallest absolute Gasteiger partial charge is 0.332 e. The second-order valence-corrected chi connectivity index (χ2v) is 2.76. The van der Waals surface area contributed by atoms with Crippen LogP contribution in [0, 0.1) is 5.92 Å². The molecule has 0 aromatic carbocycles. The van der Waals surface area contributed by atoms with Crippen LogP contribution in [0.2, 0.25) is 0 Å². The molecule has 1 fully saturated rings. The van der Waals surface area contributed by atoms with Crippen molar-refractivity contribution in [3.05, 3.63) is 0 Å². The maximum Gasteiger partial charge on any atom is 0.332 e. The molecule has 68 valence electrons. The monoisotopic (exact) mass is 174 g/mol. The Bertz CT molecular complexity index is 180. The number of ether oxygens (including phenoxy) is 1. The van der Waals surface area contributed by atoms with Gasteiger partial charge in [-0.1, -0.05) is 0 Å². The largest absolute Gasteiger partial charge is 0.481 e. The average Bonchev–Trinajstić information content (AvgIpc) is 2.04. The van der Waals surface area contributed by atoms with Gasteiger partial charge in [-0.2, -0.15) is 0 Å². The summed E-state index contributed by atoms with van der Waals surface area (Å²) in [4.78, 5) is 20.9. The molecule has 0 aromatic rings. The number of carboxylic acids is 2. The summed E-state index contributed by atoms with van der Waals surface area (Å²) in [5, 5.41) is 17.1. The van der Waals surface area contributed by atoms with Crippen molar-refractivity contribution in [2.45, 2.75) is 18.9 Å². The van der Waals surface area contributed by atoms with Crippen molar-refractivity contribution in [3.8, 4) is 0 Å². The first-order valence-electron chi connectivity index (χ1n) is 3.68. The third-order valence-corrected chi connectivity index (χ3v) is 1.91. The molecule has 12 heavy (non-hydrogen) atoms. The SMILES string of the molecule is O=C(O)C1CCOC(C(=O)O)C1. The Morgan fingerprint density at radius 1 is 1.25 bits per heavy atom. The van der Waals surface area contributed by atoms with Gasteiger partial charge in [0.1, 0.15) is 0 Å². The van der Waals surface area contributed by atoms with Crippen molar-refractivity contribution >= 4 is 11.9 Å². The second kappa shape index (κ2) is 3.53. The van der Waals surface area contributed by atoms with Gasteiger partial charge < -0.3 is 14.9 Å². The molecule has 1 heterocycles. The van der Waals surface area contributed by atoms with Crippen LogP contribution in [-0.4, -0.2) is 34.9 Å². The van der Waals surface area contributed by atoms with Crippen molar-refractivity contribution in [1.29, 1.82) is 0 Å². The van der Waals surface area contributed by atoms with Crippen LogP contribution in [-0.2, 0) is 14.3 Å². The van der Waals surface area contributed by atoms with E-state index < -0.39 is 24.0 Å². The molecule has 1 aliphatic rings. The quantitative estimate of drug-likeness (QED) is 0.613. The summed E-state index contributed by atoms with van der Waals surface area (Å²) in [5.74, 6) is -2.59. The topological polar surface area (TPSA) is 83.8 Å². The lowest BCUT2D eigenvalue weighted by molar-refractivity contribution is -0.159. The summed E-state index contributed by atoms with van der Waals surface area (Å²) in [5.41, 5.74) is 0. The molecule has 1 saturated heterocycles. The average molecular weight is 174 g/mol. The molecule has 5 heteroatoms. The summed E-state index contributed by atoms with van der Waals surface area (Å²) in [7, 11) is 0. The van der Waals surface area contributed by atoms with E-state index in [9.17, 15) is 9.59 Å². The molecule has 1 rings (SSSR count). The van der Waals surface area contributed by atoms with E-state index in [2.05, 4.69) is 0 Å². The number of hydrogen-bond acceptors (Lipinski definition) is 3. The molecule has 1 aliphatic heterocycles. The maximum absolute atomic E-state index is 10.5. The Morgan fingerprint density at radius 3 is 2.42 bits per heavy atom. The molecule has 2 unspecified atom stereocenters. The predicted molar refractivity (Wildman–Crippen MR) is 37.7 cm³/mol. The number of aliphatic carboxylic acids is 2. The highest BCUT2D eigenvalue weighted by molar-refractivity contribution is 5.75. The summed E-state index contributed by atoms with van der Waals surface area (Å²) in [6.45, 7) is 0.216. The number of hydrogen-bond donors (Lipinski definition) is 2. The molecule has 2 atom stereocenters. The molecule has 0 bridgehead atoms. The van der Waals surface area contributed by atoms with Gasteiger partial charge in [-0.15, -0.1) is 0 Å². The fourth-order valence-electron chi connectivity index (χ4n) is 1.19. The number of carboxylic acid groups (broad SMARTS) is 2. The van der Waals surface area contributed by atoms with Crippen LogP contribution in [0.5, 0.6) is 0 Å². The third-order valence-electron chi connectivity index (χ3n) is 1.91. The van der Waals surface area contributed by atoms with Gasteiger partial charge >= 0.3 is 11.9 Å². The molecular weight excluding hydrogens is 164 g/mol. The van der Waals surface area contributed by atoms with Crippen molar-refractivity contribution in [2.75, 3.05) is 6.61 Å². The predicted octanol–water partition coefficient (Wildman–Crippen LogP) is -0.0492. The van der Waals surface area contributed by atoms with E-state index in [1.807, 2.05) is 0 Å². The van der Waals surface area contributed by atoms with Crippen LogP contribution in [0.15, 0.2) is 0 Å². The van der Waals surface area contributed by atoms with Crippen LogP contribution in [0.1, 0.15) is 12.8 Å².